The lowest BCUT2D eigenvalue weighted by atomic mass is 10.00. The second kappa shape index (κ2) is 11.7. The third kappa shape index (κ3) is 6.53. The maximum absolute atomic E-state index is 13.3. The molecule has 0 aromatic heterocycles. The summed E-state index contributed by atoms with van der Waals surface area (Å²) >= 11 is 0. The van der Waals surface area contributed by atoms with Crippen LogP contribution < -0.4 is 4.90 Å². The highest BCUT2D eigenvalue weighted by atomic mass is 19.4. The van der Waals surface area contributed by atoms with Gasteiger partial charge < -0.3 is 14.7 Å². The normalized spacial score (nSPS) is 15.4. The van der Waals surface area contributed by atoms with Crippen molar-refractivity contribution in [2.75, 3.05) is 37.6 Å². The van der Waals surface area contributed by atoms with Gasteiger partial charge in [-0.15, -0.1) is 0 Å². The Morgan fingerprint density at radius 2 is 1.65 bits per heavy atom. The van der Waals surface area contributed by atoms with Gasteiger partial charge in [0, 0.05) is 50.0 Å². The van der Waals surface area contributed by atoms with Crippen LogP contribution in [0.2, 0.25) is 0 Å². The summed E-state index contributed by atoms with van der Waals surface area (Å²) in [6.45, 7) is 10.8. The molecule has 0 radical (unpaired) electrons. The van der Waals surface area contributed by atoms with Crippen LogP contribution in [-0.2, 0) is 12.7 Å². The summed E-state index contributed by atoms with van der Waals surface area (Å²) in [4.78, 5) is 19.1. The van der Waals surface area contributed by atoms with Crippen molar-refractivity contribution in [3.63, 3.8) is 0 Å². The number of anilines is 1. The van der Waals surface area contributed by atoms with Gasteiger partial charge in [-0.3, -0.25) is 4.79 Å². The molecule has 2 aromatic carbocycles. The van der Waals surface area contributed by atoms with Gasteiger partial charge in [0.2, 0.25) is 0 Å². The summed E-state index contributed by atoms with van der Waals surface area (Å²) in [6, 6.07) is 13.4. The molecule has 1 aliphatic heterocycles. The number of hydrogen-bond donors (Lipinski definition) is 0. The number of nitrogens with zero attached hydrogens (tertiary/aromatic N) is 3. The zero-order valence-corrected chi connectivity index (χ0v) is 20.4. The quantitative estimate of drug-likeness (QED) is 0.441. The molecule has 34 heavy (non-hydrogen) atoms. The van der Waals surface area contributed by atoms with Crippen molar-refractivity contribution >= 4 is 11.6 Å². The van der Waals surface area contributed by atoms with E-state index >= 15 is 0 Å². The van der Waals surface area contributed by atoms with E-state index in [1.807, 2.05) is 38.1 Å². The van der Waals surface area contributed by atoms with Gasteiger partial charge in [0.25, 0.3) is 5.91 Å². The van der Waals surface area contributed by atoms with Crippen LogP contribution in [0.1, 0.15) is 61.5 Å². The molecule has 0 N–H and O–H groups in total. The molecule has 0 saturated carbocycles. The first-order chi connectivity index (χ1) is 16.3. The van der Waals surface area contributed by atoms with E-state index in [-0.39, 0.29) is 11.9 Å². The second-order valence-corrected chi connectivity index (χ2v) is 8.92. The Kier molecular flexibility index (Phi) is 9.00. The van der Waals surface area contributed by atoms with E-state index in [2.05, 4.69) is 16.7 Å². The molecule has 0 bridgehead atoms. The van der Waals surface area contributed by atoms with Crippen LogP contribution in [0.5, 0.6) is 0 Å². The van der Waals surface area contributed by atoms with E-state index in [1.54, 1.807) is 11.0 Å². The van der Waals surface area contributed by atoms with Crippen LogP contribution in [0, 0.1) is 0 Å². The molecular weight excluding hydrogens is 439 g/mol. The van der Waals surface area contributed by atoms with Gasteiger partial charge in [-0.1, -0.05) is 19.1 Å². The predicted octanol–water partition coefficient (Wildman–Crippen LogP) is 6.07. The molecule has 1 heterocycles. The van der Waals surface area contributed by atoms with Gasteiger partial charge in [0.15, 0.2) is 0 Å². The zero-order chi connectivity index (χ0) is 24.7. The first kappa shape index (κ1) is 26.1. The van der Waals surface area contributed by atoms with Crippen LogP contribution in [-0.4, -0.2) is 54.5 Å². The highest BCUT2D eigenvalue weighted by molar-refractivity contribution is 5.94. The van der Waals surface area contributed by atoms with Crippen LogP contribution in [0.3, 0.4) is 0 Å². The number of carbonyl (C=O) groups is 1. The number of benzene rings is 2. The van der Waals surface area contributed by atoms with E-state index in [9.17, 15) is 18.0 Å². The van der Waals surface area contributed by atoms with Crippen molar-refractivity contribution in [2.24, 2.45) is 0 Å². The standard InChI is InChI=1S/C27H36F3N3O/c1-4-16-31-17-14-25(15-18-31)33(20-21-8-7-9-23(19-21)27(28,29)30)24-12-10-22(11-13-24)26(34)32(5-2)6-3/h7-13,19,25H,4-6,14-18,20H2,1-3H3. The van der Waals surface area contributed by atoms with E-state index in [4.69, 9.17) is 0 Å². The highest BCUT2D eigenvalue weighted by Gasteiger charge is 2.31. The van der Waals surface area contributed by atoms with Crippen molar-refractivity contribution in [1.82, 2.24) is 9.80 Å². The minimum absolute atomic E-state index is 0.00569. The van der Waals surface area contributed by atoms with Crippen LogP contribution in [0.4, 0.5) is 18.9 Å². The van der Waals surface area contributed by atoms with Crippen LogP contribution in [0.15, 0.2) is 48.5 Å². The molecule has 1 saturated heterocycles. The number of halogens is 3. The molecule has 3 rings (SSSR count). The second-order valence-electron chi connectivity index (χ2n) is 8.92. The molecule has 186 valence electrons. The van der Waals surface area contributed by atoms with Crippen LogP contribution >= 0.6 is 0 Å². The fraction of sp³-hybridized carbons (Fsp3) is 0.519. The average molecular weight is 476 g/mol. The minimum Gasteiger partial charge on any atom is -0.364 e. The van der Waals surface area contributed by atoms with Crippen molar-refractivity contribution in [3.05, 3.63) is 65.2 Å². The summed E-state index contributed by atoms with van der Waals surface area (Å²) in [5.41, 5.74) is 1.57. The Morgan fingerprint density at radius 3 is 2.21 bits per heavy atom. The molecule has 0 atom stereocenters. The summed E-state index contributed by atoms with van der Waals surface area (Å²) in [5, 5.41) is 0. The van der Waals surface area contributed by atoms with Crippen molar-refractivity contribution in [1.29, 1.82) is 0 Å². The fourth-order valence-electron chi connectivity index (χ4n) is 4.73. The van der Waals surface area contributed by atoms with Gasteiger partial charge in [-0.2, -0.15) is 13.2 Å². The Labute approximate surface area is 201 Å². The molecular formula is C27H36F3N3O. The average Bonchev–Trinajstić information content (AvgIpc) is 2.84. The van der Waals surface area contributed by atoms with Gasteiger partial charge >= 0.3 is 6.18 Å². The van der Waals surface area contributed by atoms with E-state index in [0.29, 0.717) is 30.8 Å². The van der Waals surface area contributed by atoms with Crippen LogP contribution in [0.25, 0.3) is 0 Å². The third-order valence-electron chi connectivity index (χ3n) is 6.64. The lowest BCUT2D eigenvalue weighted by molar-refractivity contribution is -0.137. The SMILES string of the molecule is CCCN1CCC(N(Cc2cccc(C(F)(F)F)c2)c2ccc(C(=O)N(CC)CC)cc2)CC1. The van der Waals surface area contributed by atoms with Gasteiger partial charge in [-0.05, 0) is 81.6 Å². The minimum atomic E-state index is -4.36. The van der Waals surface area contributed by atoms with Gasteiger partial charge in [0.1, 0.15) is 0 Å². The molecule has 0 spiro atoms. The summed E-state index contributed by atoms with van der Waals surface area (Å²) in [7, 11) is 0. The predicted molar refractivity (Wildman–Crippen MR) is 131 cm³/mol. The first-order valence-electron chi connectivity index (χ1n) is 12.3. The Balaban J connectivity index is 1.86. The van der Waals surface area contributed by atoms with Crippen molar-refractivity contribution in [2.45, 2.75) is 58.8 Å². The highest BCUT2D eigenvalue weighted by Crippen LogP contribution is 2.31. The number of hydrogen-bond acceptors (Lipinski definition) is 3. The lowest BCUT2D eigenvalue weighted by Gasteiger charge is -2.40. The Morgan fingerprint density at radius 1 is 1.00 bits per heavy atom. The fourth-order valence-corrected chi connectivity index (χ4v) is 4.73. The third-order valence-corrected chi connectivity index (χ3v) is 6.64. The topological polar surface area (TPSA) is 26.8 Å². The number of piperidine rings is 1. The largest absolute Gasteiger partial charge is 0.416 e. The number of alkyl halides is 3. The summed E-state index contributed by atoms with van der Waals surface area (Å²) in [6.07, 6.45) is -1.34. The molecule has 1 fully saturated rings. The lowest BCUT2D eigenvalue weighted by Crippen LogP contribution is -2.45. The molecule has 0 aliphatic carbocycles. The smallest absolute Gasteiger partial charge is 0.364 e. The Bertz CT molecular complexity index is 917. The maximum atomic E-state index is 13.3. The number of likely N-dealkylation sites (tertiary alicyclic amines) is 1. The maximum Gasteiger partial charge on any atom is 0.416 e. The van der Waals surface area contributed by atoms with E-state index in [0.717, 1.165) is 50.7 Å². The summed E-state index contributed by atoms with van der Waals surface area (Å²) < 4.78 is 39.9. The van der Waals surface area contributed by atoms with E-state index < -0.39 is 11.7 Å². The number of carbonyl (C=O) groups excluding carboxylic acids is 1. The Hall–Kier alpha value is -2.54. The molecule has 2 aromatic rings. The van der Waals surface area contributed by atoms with E-state index in [1.165, 1.54) is 12.1 Å². The van der Waals surface area contributed by atoms with Gasteiger partial charge in [0.05, 0.1) is 5.56 Å². The molecule has 1 aliphatic rings. The van der Waals surface area contributed by atoms with Crippen molar-refractivity contribution < 1.29 is 18.0 Å². The first-order valence-corrected chi connectivity index (χ1v) is 12.3. The zero-order valence-electron chi connectivity index (χ0n) is 20.4. The molecule has 0 unspecified atom stereocenters. The monoisotopic (exact) mass is 475 g/mol. The summed E-state index contributed by atoms with van der Waals surface area (Å²) in [5.74, 6) is -0.00569. The number of amides is 1. The molecule has 7 heteroatoms. The number of rotatable bonds is 9. The van der Waals surface area contributed by atoms with Crippen molar-refractivity contribution in [3.8, 4) is 0 Å². The van der Waals surface area contributed by atoms with Gasteiger partial charge in [-0.25, -0.2) is 0 Å². The molecule has 4 nitrogen and oxygen atoms in total. The molecule has 1 amide bonds.